The molecule has 2 amide bonds. The molecule has 9 heteroatoms. The van der Waals surface area contributed by atoms with Crippen molar-refractivity contribution in [2.24, 2.45) is 0 Å². The van der Waals surface area contributed by atoms with Crippen molar-refractivity contribution in [3.63, 3.8) is 0 Å². The lowest BCUT2D eigenvalue weighted by Crippen LogP contribution is -2.38. The molecule has 0 unspecified atom stereocenters. The van der Waals surface area contributed by atoms with Gasteiger partial charge in [-0.05, 0) is 49.7 Å². The van der Waals surface area contributed by atoms with Crippen LogP contribution in [0.2, 0.25) is 0 Å². The Labute approximate surface area is 187 Å². The summed E-state index contributed by atoms with van der Waals surface area (Å²) in [5.74, 6) is -0.370. The van der Waals surface area contributed by atoms with Crippen LogP contribution in [0.5, 0.6) is 0 Å². The zero-order valence-corrected chi connectivity index (χ0v) is 18.9. The highest BCUT2D eigenvalue weighted by atomic mass is 32.2. The molecule has 0 aliphatic rings. The number of nitrogens with zero attached hydrogens (tertiary/aromatic N) is 1. The van der Waals surface area contributed by atoms with Crippen LogP contribution >= 0.6 is 0 Å². The number of sulfonamides is 1. The zero-order valence-electron chi connectivity index (χ0n) is 18.1. The Balaban J connectivity index is 1.76. The van der Waals surface area contributed by atoms with E-state index in [-0.39, 0.29) is 17.8 Å². The van der Waals surface area contributed by atoms with Gasteiger partial charge in [-0.2, -0.15) is 0 Å². The van der Waals surface area contributed by atoms with Crippen LogP contribution in [-0.2, 0) is 21.4 Å². The number of nitrogens with one attached hydrogen (secondary N) is 2. The van der Waals surface area contributed by atoms with Crippen molar-refractivity contribution >= 4 is 33.2 Å². The summed E-state index contributed by atoms with van der Waals surface area (Å²) < 4.78 is 31.1. The average Bonchev–Trinajstić information content (AvgIpc) is 3.24. The SMILES string of the molecule is Cc1ccc(N(CC(=O)Nc2ccccc2C(=O)NCc2ccco2)S(C)(=O)=O)c(C)c1. The normalized spacial score (nSPS) is 11.1. The topological polar surface area (TPSA) is 109 Å². The molecule has 0 saturated heterocycles. The van der Waals surface area contributed by atoms with E-state index in [0.29, 0.717) is 11.4 Å². The van der Waals surface area contributed by atoms with E-state index < -0.39 is 28.4 Å². The molecule has 2 N–H and O–H groups in total. The molecule has 3 rings (SSSR count). The number of furan rings is 1. The Hall–Kier alpha value is -3.59. The number of para-hydroxylation sites is 1. The highest BCUT2D eigenvalue weighted by molar-refractivity contribution is 7.92. The van der Waals surface area contributed by atoms with Gasteiger partial charge in [-0.25, -0.2) is 8.42 Å². The standard InChI is InChI=1S/C23H25N3O5S/c1-16-10-11-21(17(2)13-16)26(32(3,29)30)15-22(27)25-20-9-5-4-8-19(20)23(28)24-14-18-7-6-12-31-18/h4-13H,14-15H2,1-3H3,(H,24,28)(H,25,27). The van der Waals surface area contributed by atoms with Crippen molar-refractivity contribution in [3.8, 4) is 0 Å². The van der Waals surface area contributed by atoms with Gasteiger partial charge in [0.05, 0.1) is 36.0 Å². The molecule has 0 saturated carbocycles. The van der Waals surface area contributed by atoms with Crippen LogP contribution in [-0.4, -0.2) is 33.0 Å². The van der Waals surface area contributed by atoms with Gasteiger partial charge in [0.2, 0.25) is 15.9 Å². The minimum absolute atomic E-state index is 0.197. The fourth-order valence-corrected chi connectivity index (χ4v) is 4.17. The van der Waals surface area contributed by atoms with E-state index in [1.54, 1.807) is 55.5 Å². The molecule has 0 spiro atoms. The number of carbonyl (C=O) groups excluding carboxylic acids is 2. The van der Waals surface area contributed by atoms with Crippen LogP contribution in [0.3, 0.4) is 0 Å². The summed E-state index contributed by atoms with van der Waals surface area (Å²) in [4.78, 5) is 25.4. The van der Waals surface area contributed by atoms with Gasteiger partial charge in [0.1, 0.15) is 12.3 Å². The minimum atomic E-state index is -3.72. The van der Waals surface area contributed by atoms with E-state index >= 15 is 0 Å². The summed E-state index contributed by atoms with van der Waals surface area (Å²) in [6.07, 6.45) is 2.56. The summed E-state index contributed by atoms with van der Waals surface area (Å²) in [5.41, 5.74) is 2.69. The quantitative estimate of drug-likeness (QED) is 0.542. The number of hydrogen-bond donors (Lipinski definition) is 2. The Morgan fingerprint density at radius 2 is 1.78 bits per heavy atom. The number of rotatable bonds is 8. The molecule has 8 nitrogen and oxygen atoms in total. The van der Waals surface area contributed by atoms with Gasteiger partial charge < -0.3 is 15.1 Å². The fourth-order valence-electron chi connectivity index (χ4n) is 3.25. The lowest BCUT2D eigenvalue weighted by molar-refractivity contribution is -0.114. The number of anilines is 2. The second kappa shape index (κ2) is 9.69. The van der Waals surface area contributed by atoms with Gasteiger partial charge in [-0.15, -0.1) is 0 Å². The van der Waals surface area contributed by atoms with Gasteiger partial charge in [-0.3, -0.25) is 13.9 Å². The molecule has 0 atom stereocenters. The maximum absolute atomic E-state index is 12.8. The van der Waals surface area contributed by atoms with Crippen molar-refractivity contribution in [2.75, 3.05) is 22.4 Å². The first-order valence-electron chi connectivity index (χ1n) is 9.89. The first-order chi connectivity index (χ1) is 15.1. The molecular formula is C23H25N3O5S. The van der Waals surface area contributed by atoms with E-state index in [1.807, 2.05) is 13.0 Å². The summed E-state index contributed by atoms with van der Waals surface area (Å²) in [6.45, 7) is 3.47. The largest absolute Gasteiger partial charge is 0.467 e. The van der Waals surface area contributed by atoms with E-state index in [2.05, 4.69) is 10.6 Å². The second-order valence-electron chi connectivity index (χ2n) is 7.42. The van der Waals surface area contributed by atoms with E-state index in [9.17, 15) is 18.0 Å². The zero-order chi connectivity index (χ0) is 23.3. The third-order valence-corrected chi connectivity index (χ3v) is 5.88. The van der Waals surface area contributed by atoms with Gasteiger partial charge in [0, 0.05) is 0 Å². The van der Waals surface area contributed by atoms with E-state index in [4.69, 9.17) is 4.42 Å². The van der Waals surface area contributed by atoms with Crippen molar-refractivity contribution < 1.29 is 22.4 Å². The lowest BCUT2D eigenvalue weighted by atomic mass is 10.1. The molecule has 0 bridgehead atoms. The Kier molecular flexibility index (Phi) is 6.99. The van der Waals surface area contributed by atoms with Crippen LogP contribution in [0.1, 0.15) is 27.2 Å². The predicted octanol–water partition coefficient (Wildman–Crippen LogP) is 3.23. The van der Waals surface area contributed by atoms with Gasteiger partial charge >= 0.3 is 0 Å². The van der Waals surface area contributed by atoms with Crippen LogP contribution in [0, 0.1) is 13.8 Å². The van der Waals surface area contributed by atoms with Crippen LogP contribution in [0.15, 0.2) is 65.3 Å². The van der Waals surface area contributed by atoms with Crippen molar-refractivity contribution in [1.82, 2.24) is 5.32 Å². The van der Waals surface area contributed by atoms with E-state index in [1.165, 1.54) is 6.26 Å². The molecule has 0 radical (unpaired) electrons. The molecule has 0 aliphatic carbocycles. The molecule has 168 valence electrons. The summed E-state index contributed by atoms with van der Waals surface area (Å²) in [7, 11) is -3.72. The third-order valence-electron chi connectivity index (χ3n) is 4.76. The van der Waals surface area contributed by atoms with Crippen LogP contribution < -0.4 is 14.9 Å². The molecule has 2 aromatic carbocycles. The molecule has 1 heterocycles. The van der Waals surface area contributed by atoms with Gasteiger partial charge in [0.25, 0.3) is 5.91 Å². The number of hydrogen-bond acceptors (Lipinski definition) is 5. The average molecular weight is 456 g/mol. The fraction of sp³-hybridized carbons (Fsp3) is 0.217. The van der Waals surface area contributed by atoms with Crippen LogP contribution in [0.4, 0.5) is 11.4 Å². The van der Waals surface area contributed by atoms with Crippen molar-refractivity contribution in [3.05, 3.63) is 83.3 Å². The summed E-state index contributed by atoms with van der Waals surface area (Å²) in [5, 5.41) is 5.39. The van der Waals surface area contributed by atoms with Crippen molar-refractivity contribution in [2.45, 2.75) is 20.4 Å². The Morgan fingerprint density at radius 1 is 1.03 bits per heavy atom. The maximum atomic E-state index is 12.8. The first-order valence-corrected chi connectivity index (χ1v) is 11.7. The first kappa shape index (κ1) is 23.1. The molecule has 0 aliphatic heterocycles. The smallest absolute Gasteiger partial charge is 0.253 e. The predicted molar refractivity (Wildman–Crippen MR) is 123 cm³/mol. The maximum Gasteiger partial charge on any atom is 0.253 e. The molecule has 32 heavy (non-hydrogen) atoms. The Bertz CT molecular complexity index is 1220. The highest BCUT2D eigenvalue weighted by Gasteiger charge is 2.23. The third kappa shape index (κ3) is 5.76. The Morgan fingerprint density at radius 3 is 2.44 bits per heavy atom. The highest BCUT2D eigenvalue weighted by Crippen LogP contribution is 2.24. The van der Waals surface area contributed by atoms with Crippen molar-refractivity contribution in [1.29, 1.82) is 0 Å². The minimum Gasteiger partial charge on any atom is -0.467 e. The lowest BCUT2D eigenvalue weighted by Gasteiger charge is -2.24. The number of benzene rings is 2. The molecule has 0 fully saturated rings. The van der Waals surface area contributed by atoms with Gasteiger partial charge in [0.15, 0.2) is 0 Å². The second-order valence-corrected chi connectivity index (χ2v) is 9.32. The number of amides is 2. The summed E-state index contributed by atoms with van der Waals surface area (Å²) in [6, 6.07) is 15.3. The molecule has 3 aromatic rings. The molecule has 1 aromatic heterocycles. The van der Waals surface area contributed by atoms with Gasteiger partial charge in [-0.1, -0.05) is 29.8 Å². The monoisotopic (exact) mass is 455 g/mol. The van der Waals surface area contributed by atoms with E-state index in [0.717, 1.165) is 21.7 Å². The van der Waals surface area contributed by atoms with Crippen LogP contribution in [0.25, 0.3) is 0 Å². The summed E-state index contributed by atoms with van der Waals surface area (Å²) >= 11 is 0. The number of carbonyl (C=O) groups is 2. The number of aryl methyl sites for hydroxylation is 2. The molecular weight excluding hydrogens is 430 g/mol.